The Labute approximate surface area is 42.7 Å². The van der Waals surface area contributed by atoms with Crippen LogP contribution in [0.3, 0.4) is 0 Å². The Bertz CT molecular complexity index is 105. The lowest BCUT2D eigenvalue weighted by Gasteiger charge is -2.00. The van der Waals surface area contributed by atoms with E-state index in [1.165, 1.54) is 0 Å². The van der Waals surface area contributed by atoms with Gasteiger partial charge in [0.1, 0.15) is 5.60 Å². The van der Waals surface area contributed by atoms with Crippen LogP contribution in [0, 0.1) is 5.41 Å². The largest absolute Gasteiger partial charge is 0.384 e. The Kier molecular flexibility index (Phi) is 0.729. The molecule has 0 heterocycles. The van der Waals surface area contributed by atoms with E-state index in [-0.39, 0.29) is 0 Å². The summed E-state index contributed by atoms with van der Waals surface area (Å²) in [7, 11) is 0. The second kappa shape index (κ2) is 1.07. The number of hydrogen-bond acceptors (Lipinski definition) is 2. The second-order valence-electron chi connectivity index (χ2n) is 2.16. The van der Waals surface area contributed by atoms with Gasteiger partial charge in [-0.3, -0.25) is 0 Å². The van der Waals surface area contributed by atoms with E-state index >= 15 is 0 Å². The van der Waals surface area contributed by atoms with Gasteiger partial charge >= 0.3 is 0 Å². The van der Waals surface area contributed by atoms with Crippen molar-refractivity contribution in [1.82, 2.24) is 0 Å². The van der Waals surface area contributed by atoms with E-state index in [0.29, 0.717) is 5.71 Å². The molecule has 1 aliphatic rings. The van der Waals surface area contributed by atoms with E-state index in [0.717, 1.165) is 12.8 Å². The Morgan fingerprint density at radius 1 is 1.71 bits per heavy atom. The molecule has 0 radical (unpaired) electrons. The molecular formula is C5H9NO. The van der Waals surface area contributed by atoms with Crippen LogP contribution < -0.4 is 0 Å². The maximum absolute atomic E-state index is 8.98. The second-order valence-corrected chi connectivity index (χ2v) is 2.16. The third kappa shape index (κ3) is 0.657. The fourth-order valence-electron chi connectivity index (χ4n) is 0.493. The van der Waals surface area contributed by atoms with Crippen molar-refractivity contribution in [3.8, 4) is 0 Å². The highest BCUT2D eigenvalue weighted by Gasteiger charge is 2.42. The lowest BCUT2D eigenvalue weighted by Crippen LogP contribution is -2.16. The molecule has 0 aromatic heterocycles. The molecule has 0 amide bonds. The molecule has 1 rings (SSSR count). The van der Waals surface area contributed by atoms with Gasteiger partial charge in [-0.1, -0.05) is 0 Å². The monoisotopic (exact) mass is 99.1 g/mol. The van der Waals surface area contributed by atoms with Gasteiger partial charge < -0.3 is 10.5 Å². The molecule has 0 aromatic rings. The van der Waals surface area contributed by atoms with E-state index < -0.39 is 5.60 Å². The molecule has 2 N–H and O–H groups in total. The summed E-state index contributed by atoms with van der Waals surface area (Å²) in [6, 6.07) is 0. The lowest BCUT2D eigenvalue weighted by molar-refractivity contribution is 0.220. The Morgan fingerprint density at radius 3 is 2.14 bits per heavy atom. The molecule has 7 heavy (non-hydrogen) atoms. The van der Waals surface area contributed by atoms with Crippen molar-refractivity contribution in [2.75, 3.05) is 0 Å². The minimum atomic E-state index is -0.667. The Balaban J connectivity index is 2.55. The summed E-state index contributed by atoms with van der Waals surface area (Å²) < 4.78 is 0. The van der Waals surface area contributed by atoms with Crippen molar-refractivity contribution >= 4 is 5.71 Å². The van der Waals surface area contributed by atoms with Gasteiger partial charge in [0.15, 0.2) is 0 Å². The molecule has 1 aliphatic carbocycles. The molecule has 1 fully saturated rings. The molecule has 0 bridgehead atoms. The SMILES string of the molecule is CC(=N)C1(O)CC1. The predicted octanol–water partition coefficient (Wildman–Crippen LogP) is 0.551. The minimum absolute atomic E-state index is 0.410. The van der Waals surface area contributed by atoms with Crippen LogP contribution in [0.5, 0.6) is 0 Å². The van der Waals surface area contributed by atoms with Crippen LogP contribution in [0.2, 0.25) is 0 Å². The van der Waals surface area contributed by atoms with Gasteiger partial charge in [-0.2, -0.15) is 0 Å². The van der Waals surface area contributed by atoms with Crippen LogP contribution in [-0.2, 0) is 0 Å². The molecule has 0 unspecified atom stereocenters. The van der Waals surface area contributed by atoms with Gasteiger partial charge in [-0.15, -0.1) is 0 Å². The van der Waals surface area contributed by atoms with Crippen molar-refractivity contribution in [2.24, 2.45) is 0 Å². The third-order valence-corrected chi connectivity index (χ3v) is 1.42. The molecule has 0 saturated heterocycles. The minimum Gasteiger partial charge on any atom is -0.384 e. The number of hydrogen-bond donors (Lipinski definition) is 2. The number of aliphatic hydroxyl groups is 1. The average molecular weight is 99.1 g/mol. The van der Waals surface area contributed by atoms with Crippen LogP contribution in [0.4, 0.5) is 0 Å². The summed E-state index contributed by atoms with van der Waals surface area (Å²) in [4.78, 5) is 0. The predicted molar refractivity (Wildman–Crippen MR) is 27.6 cm³/mol. The van der Waals surface area contributed by atoms with Gasteiger partial charge in [-0.05, 0) is 19.8 Å². The summed E-state index contributed by atoms with van der Waals surface area (Å²) in [5.41, 5.74) is -0.257. The maximum Gasteiger partial charge on any atom is 0.102 e. The zero-order valence-corrected chi connectivity index (χ0v) is 4.36. The first-order valence-corrected chi connectivity index (χ1v) is 2.43. The van der Waals surface area contributed by atoms with E-state index in [2.05, 4.69) is 0 Å². The van der Waals surface area contributed by atoms with Crippen molar-refractivity contribution in [2.45, 2.75) is 25.4 Å². The molecular weight excluding hydrogens is 90.1 g/mol. The number of nitrogens with one attached hydrogen (secondary N) is 1. The molecule has 2 nitrogen and oxygen atoms in total. The van der Waals surface area contributed by atoms with E-state index in [9.17, 15) is 0 Å². The van der Waals surface area contributed by atoms with Crippen LogP contribution >= 0.6 is 0 Å². The standard InChI is InChI=1S/C5H9NO/c1-4(6)5(7)2-3-5/h6-7H,2-3H2,1H3. The summed E-state index contributed by atoms with van der Waals surface area (Å²) in [5, 5.41) is 15.9. The Morgan fingerprint density at radius 2 is 2.14 bits per heavy atom. The fourth-order valence-corrected chi connectivity index (χ4v) is 0.493. The van der Waals surface area contributed by atoms with Crippen molar-refractivity contribution < 1.29 is 5.11 Å². The van der Waals surface area contributed by atoms with Gasteiger partial charge in [0.05, 0.1) is 0 Å². The summed E-state index contributed by atoms with van der Waals surface area (Å²) in [6.07, 6.45) is 1.59. The first kappa shape index (κ1) is 4.78. The first-order chi connectivity index (χ1) is 3.15. The lowest BCUT2D eigenvalue weighted by atomic mass is 10.2. The van der Waals surface area contributed by atoms with Crippen molar-refractivity contribution in [3.05, 3.63) is 0 Å². The topological polar surface area (TPSA) is 44.1 Å². The van der Waals surface area contributed by atoms with Gasteiger partial charge in [0, 0.05) is 5.71 Å². The zero-order valence-electron chi connectivity index (χ0n) is 4.36. The quantitative estimate of drug-likeness (QED) is 0.463. The molecule has 0 aromatic carbocycles. The van der Waals surface area contributed by atoms with E-state index in [1.807, 2.05) is 0 Å². The summed E-state index contributed by atoms with van der Waals surface area (Å²) in [5.74, 6) is 0. The highest BCUT2D eigenvalue weighted by atomic mass is 16.3. The van der Waals surface area contributed by atoms with Crippen LogP contribution in [0.25, 0.3) is 0 Å². The molecule has 40 valence electrons. The van der Waals surface area contributed by atoms with Gasteiger partial charge in [0.25, 0.3) is 0 Å². The normalized spacial score (nSPS) is 24.3. The summed E-state index contributed by atoms with van der Waals surface area (Å²) in [6.45, 7) is 1.65. The fraction of sp³-hybridized carbons (Fsp3) is 0.800. The molecule has 1 saturated carbocycles. The van der Waals surface area contributed by atoms with Crippen molar-refractivity contribution in [1.29, 1.82) is 5.41 Å². The van der Waals surface area contributed by atoms with Crippen molar-refractivity contribution in [3.63, 3.8) is 0 Å². The van der Waals surface area contributed by atoms with Crippen LogP contribution in [-0.4, -0.2) is 16.4 Å². The van der Waals surface area contributed by atoms with Crippen LogP contribution in [0.1, 0.15) is 19.8 Å². The van der Waals surface area contributed by atoms with E-state index in [1.54, 1.807) is 6.92 Å². The third-order valence-electron chi connectivity index (χ3n) is 1.42. The molecule has 0 spiro atoms. The summed E-state index contributed by atoms with van der Waals surface area (Å²) >= 11 is 0. The highest BCUT2D eigenvalue weighted by Crippen LogP contribution is 2.35. The zero-order chi connectivity index (χ0) is 5.49. The maximum atomic E-state index is 8.98. The molecule has 0 atom stereocenters. The Hall–Kier alpha value is -0.370. The smallest absolute Gasteiger partial charge is 0.102 e. The molecule has 2 heteroatoms. The highest BCUT2D eigenvalue weighted by molar-refractivity contribution is 5.89. The first-order valence-electron chi connectivity index (χ1n) is 2.43. The number of rotatable bonds is 1. The van der Waals surface area contributed by atoms with Gasteiger partial charge in [0.2, 0.25) is 0 Å². The van der Waals surface area contributed by atoms with E-state index in [4.69, 9.17) is 10.5 Å². The average Bonchev–Trinajstić information content (AvgIpc) is 2.21. The molecule has 0 aliphatic heterocycles. The van der Waals surface area contributed by atoms with Gasteiger partial charge in [-0.25, -0.2) is 0 Å². The van der Waals surface area contributed by atoms with Crippen LogP contribution in [0.15, 0.2) is 0 Å².